The van der Waals surface area contributed by atoms with Gasteiger partial charge in [-0.2, -0.15) is 0 Å². The molecular weight excluding hydrogens is 518 g/mol. The van der Waals surface area contributed by atoms with Crippen molar-refractivity contribution in [2.45, 2.75) is 79.6 Å². The topological polar surface area (TPSA) is 136 Å². The second kappa shape index (κ2) is 12.0. The van der Waals surface area contributed by atoms with Crippen molar-refractivity contribution >= 4 is 37.0 Å². The minimum atomic E-state index is -4.12. The Bertz CT molecular complexity index is 1090. The van der Waals surface area contributed by atoms with Gasteiger partial charge in [0, 0.05) is 48.4 Å². The largest absolute Gasteiger partial charge is 0.309 e. The number of benzene rings is 2. The number of hydrogen-bond donors (Lipinski definition) is 0. The standard InChI is InChI=1S/C24H36N4O7P2/c1-17(2)25(18(3)4)36(33,23-13-9-21(10-14-23)27(29)30)35-37(34,26(19(5)6)20(7)8)24-15-11-22(12-16-24)28(31)32/h9-20H,1-8H3/t36-,37-/m1/s1. The first-order valence-electron chi connectivity index (χ1n) is 12.0. The summed E-state index contributed by atoms with van der Waals surface area (Å²) in [5.41, 5.74) is -0.360. The van der Waals surface area contributed by atoms with E-state index in [1.54, 1.807) is 9.34 Å². The first-order chi connectivity index (χ1) is 17.1. The van der Waals surface area contributed by atoms with Gasteiger partial charge in [-0.3, -0.25) is 29.4 Å². The van der Waals surface area contributed by atoms with E-state index in [4.69, 9.17) is 4.31 Å². The molecule has 0 amide bonds. The lowest BCUT2D eigenvalue weighted by Crippen LogP contribution is -2.42. The zero-order chi connectivity index (χ0) is 28.3. The summed E-state index contributed by atoms with van der Waals surface area (Å²) in [5.74, 6) is 0. The SMILES string of the molecule is CC(C)N(C(C)C)[P@](=O)(O[P@](=O)(c1ccc([N+](=O)[O-])cc1)N(C(C)C)C(C)C)c1ccc([N+](=O)[O-])cc1. The smallest absolute Gasteiger partial charge is 0.269 e. The molecule has 0 radical (unpaired) electrons. The third-order valence-electron chi connectivity index (χ3n) is 5.72. The van der Waals surface area contributed by atoms with Crippen LogP contribution in [-0.2, 0) is 13.4 Å². The molecule has 0 aliphatic rings. The van der Waals surface area contributed by atoms with Crippen molar-refractivity contribution in [3.8, 4) is 0 Å². The Morgan fingerprint density at radius 1 is 0.595 bits per heavy atom. The third kappa shape index (κ3) is 6.54. The number of nitrogens with zero attached hydrogens (tertiary/aromatic N) is 4. The van der Waals surface area contributed by atoms with Crippen molar-refractivity contribution in [3.63, 3.8) is 0 Å². The van der Waals surface area contributed by atoms with Crippen LogP contribution in [0.4, 0.5) is 11.4 Å². The fourth-order valence-corrected chi connectivity index (χ4v) is 11.2. The lowest BCUT2D eigenvalue weighted by Gasteiger charge is -2.43. The summed E-state index contributed by atoms with van der Waals surface area (Å²) in [6.45, 7) is 14.7. The van der Waals surface area contributed by atoms with E-state index in [2.05, 4.69) is 0 Å². The van der Waals surface area contributed by atoms with E-state index < -0.39 is 24.9 Å². The highest BCUT2D eigenvalue weighted by molar-refractivity contribution is 7.77. The van der Waals surface area contributed by atoms with Crippen molar-refractivity contribution in [1.82, 2.24) is 9.34 Å². The summed E-state index contributed by atoms with van der Waals surface area (Å²) in [5, 5.41) is 22.8. The van der Waals surface area contributed by atoms with Crippen LogP contribution >= 0.6 is 15.0 Å². The van der Waals surface area contributed by atoms with E-state index in [1.807, 2.05) is 55.4 Å². The fraction of sp³-hybridized carbons (Fsp3) is 0.500. The average molecular weight is 555 g/mol. The molecule has 2 aromatic rings. The van der Waals surface area contributed by atoms with Gasteiger partial charge in [-0.25, -0.2) is 13.7 Å². The molecule has 0 aliphatic carbocycles. The molecule has 0 N–H and O–H groups in total. The van der Waals surface area contributed by atoms with Crippen molar-refractivity contribution in [2.75, 3.05) is 0 Å². The van der Waals surface area contributed by atoms with Crippen LogP contribution in [0.2, 0.25) is 0 Å². The van der Waals surface area contributed by atoms with Crippen molar-refractivity contribution < 1.29 is 23.3 Å². The van der Waals surface area contributed by atoms with Gasteiger partial charge in [0.1, 0.15) is 0 Å². The maximum Gasteiger partial charge on any atom is 0.309 e. The minimum absolute atomic E-state index is 0.162. The molecule has 11 nitrogen and oxygen atoms in total. The Morgan fingerprint density at radius 3 is 1.03 bits per heavy atom. The van der Waals surface area contributed by atoms with E-state index in [0.717, 1.165) is 0 Å². The molecule has 0 spiro atoms. The highest BCUT2D eigenvalue weighted by atomic mass is 31.2. The number of nitro groups is 2. The molecular formula is C24H36N4O7P2. The molecule has 204 valence electrons. The van der Waals surface area contributed by atoms with Crippen LogP contribution < -0.4 is 10.6 Å². The normalized spacial score (nSPS) is 15.5. The molecule has 0 saturated carbocycles. The van der Waals surface area contributed by atoms with Crippen molar-refractivity contribution in [1.29, 1.82) is 0 Å². The molecule has 0 aliphatic heterocycles. The molecule has 2 aromatic carbocycles. The van der Waals surface area contributed by atoms with E-state index in [1.165, 1.54) is 48.5 Å². The Hall–Kier alpha value is -2.42. The van der Waals surface area contributed by atoms with Gasteiger partial charge in [0.2, 0.25) is 0 Å². The zero-order valence-corrected chi connectivity index (χ0v) is 24.3. The van der Waals surface area contributed by atoms with Gasteiger partial charge in [0.05, 0.1) is 20.5 Å². The summed E-state index contributed by atoms with van der Waals surface area (Å²) < 4.78 is 39.7. The second-order valence-electron chi connectivity index (χ2n) is 9.80. The van der Waals surface area contributed by atoms with Gasteiger partial charge in [-0.1, -0.05) is 0 Å². The molecule has 0 aromatic heterocycles. The van der Waals surface area contributed by atoms with Gasteiger partial charge in [0.25, 0.3) is 11.4 Å². The average Bonchev–Trinajstić information content (AvgIpc) is 2.77. The van der Waals surface area contributed by atoms with Crippen LogP contribution in [0.5, 0.6) is 0 Å². The monoisotopic (exact) mass is 554 g/mol. The molecule has 0 saturated heterocycles. The van der Waals surface area contributed by atoms with E-state index in [-0.39, 0.29) is 46.2 Å². The van der Waals surface area contributed by atoms with Gasteiger partial charge < -0.3 is 0 Å². The van der Waals surface area contributed by atoms with Gasteiger partial charge in [-0.05, 0) is 79.7 Å². The molecule has 0 fully saturated rings. The van der Waals surface area contributed by atoms with E-state index in [0.29, 0.717) is 0 Å². The Morgan fingerprint density at radius 2 is 0.838 bits per heavy atom. The predicted molar refractivity (Wildman–Crippen MR) is 146 cm³/mol. The van der Waals surface area contributed by atoms with Crippen LogP contribution in [0.15, 0.2) is 48.5 Å². The zero-order valence-electron chi connectivity index (χ0n) is 22.5. The number of rotatable bonds is 12. The van der Waals surface area contributed by atoms with Crippen molar-refractivity contribution in [3.05, 3.63) is 68.8 Å². The van der Waals surface area contributed by atoms with Crippen LogP contribution in [-0.4, -0.2) is 43.4 Å². The molecule has 2 atom stereocenters. The number of non-ortho nitro benzene ring substituents is 2. The molecule has 37 heavy (non-hydrogen) atoms. The van der Waals surface area contributed by atoms with Crippen LogP contribution in [0, 0.1) is 20.2 Å². The van der Waals surface area contributed by atoms with E-state index >= 15 is 9.13 Å². The third-order valence-corrected chi connectivity index (χ3v) is 12.5. The fourth-order valence-electron chi connectivity index (χ4n) is 4.53. The maximum absolute atomic E-state index is 15.0. The first-order valence-corrected chi connectivity index (χ1v) is 15.2. The first kappa shape index (κ1) is 30.8. The van der Waals surface area contributed by atoms with Crippen LogP contribution in [0.3, 0.4) is 0 Å². The Labute approximate surface area is 218 Å². The van der Waals surface area contributed by atoms with Crippen LogP contribution in [0.1, 0.15) is 55.4 Å². The lowest BCUT2D eigenvalue weighted by atomic mass is 10.3. The Balaban J connectivity index is 2.87. The highest BCUT2D eigenvalue weighted by Gasteiger charge is 2.48. The molecule has 0 unspecified atom stereocenters. The lowest BCUT2D eigenvalue weighted by molar-refractivity contribution is -0.385. The second-order valence-corrected chi connectivity index (χ2v) is 14.5. The Kier molecular flexibility index (Phi) is 9.96. The molecule has 0 bridgehead atoms. The minimum Gasteiger partial charge on any atom is -0.269 e. The summed E-state index contributed by atoms with van der Waals surface area (Å²) in [6.07, 6.45) is 0. The number of hydrogen-bond acceptors (Lipinski definition) is 7. The van der Waals surface area contributed by atoms with Gasteiger partial charge in [0.15, 0.2) is 0 Å². The summed E-state index contributed by atoms with van der Waals surface area (Å²) in [4.78, 5) is 21.4. The molecule has 13 heteroatoms. The van der Waals surface area contributed by atoms with Crippen LogP contribution in [0.25, 0.3) is 0 Å². The molecule has 2 rings (SSSR count). The number of nitro benzene ring substituents is 2. The summed E-state index contributed by atoms with van der Waals surface area (Å²) in [7, 11) is -8.25. The highest BCUT2D eigenvalue weighted by Crippen LogP contribution is 2.67. The quantitative estimate of drug-likeness (QED) is 0.173. The molecule has 0 heterocycles. The van der Waals surface area contributed by atoms with Gasteiger partial charge >= 0.3 is 15.0 Å². The summed E-state index contributed by atoms with van der Waals surface area (Å²) in [6, 6.07) is 9.20. The maximum atomic E-state index is 15.0. The van der Waals surface area contributed by atoms with Gasteiger partial charge in [-0.15, -0.1) is 0 Å². The van der Waals surface area contributed by atoms with E-state index in [9.17, 15) is 20.2 Å². The summed E-state index contributed by atoms with van der Waals surface area (Å²) >= 11 is 0. The van der Waals surface area contributed by atoms with Crippen molar-refractivity contribution in [2.24, 2.45) is 0 Å². The predicted octanol–water partition coefficient (Wildman–Crippen LogP) is 6.09.